The number of rotatable bonds is 5. The molecule has 1 aromatic carbocycles. The number of aromatic nitrogens is 2. The van der Waals surface area contributed by atoms with Gasteiger partial charge in [-0.1, -0.05) is 18.2 Å². The molecule has 2 aromatic rings. The zero-order valence-corrected chi connectivity index (χ0v) is 16.6. The highest BCUT2D eigenvalue weighted by atomic mass is 16.2. The summed E-state index contributed by atoms with van der Waals surface area (Å²) in [5.74, 6) is 1.41. The van der Waals surface area contributed by atoms with Crippen molar-refractivity contribution in [2.75, 3.05) is 54.4 Å². The fraction of sp³-hybridized carbons (Fsp3) is 0.429. The number of anilines is 3. The zero-order chi connectivity index (χ0) is 20.2. The molecule has 0 bridgehead atoms. The maximum absolute atomic E-state index is 13.0. The number of carbonyl (C=O) groups is 2. The fourth-order valence-electron chi connectivity index (χ4n) is 3.91. The van der Waals surface area contributed by atoms with Crippen LogP contribution in [0.15, 0.2) is 42.5 Å². The van der Waals surface area contributed by atoms with Gasteiger partial charge in [-0.25, -0.2) is 0 Å². The quantitative estimate of drug-likeness (QED) is 0.830. The highest BCUT2D eigenvalue weighted by Crippen LogP contribution is 2.26. The second kappa shape index (κ2) is 8.46. The molecule has 29 heavy (non-hydrogen) atoms. The molecule has 0 saturated carbocycles. The summed E-state index contributed by atoms with van der Waals surface area (Å²) in [5.41, 5.74) is 0.859. The molecular formula is C21H26N6O2. The van der Waals surface area contributed by atoms with Crippen molar-refractivity contribution in [1.82, 2.24) is 15.1 Å². The zero-order valence-electron chi connectivity index (χ0n) is 16.6. The predicted octanol–water partition coefficient (Wildman–Crippen LogP) is 1.61. The Hall–Kier alpha value is -3.16. The molecule has 1 unspecified atom stereocenters. The summed E-state index contributed by atoms with van der Waals surface area (Å²) in [5, 5.41) is 11.6. The molecule has 4 rings (SSSR count). The lowest BCUT2D eigenvalue weighted by molar-refractivity contribution is -0.136. The van der Waals surface area contributed by atoms with Crippen molar-refractivity contribution >= 4 is 29.1 Å². The first kappa shape index (κ1) is 19.2. The van der Waals surface area contributed by atoms with Crippen molar-refractivity contribution in [1.29, 1.82) is 0 Å². The first-order valence-electron chi connectivity index (χ1n) is 10.1. The number of nitrogens with zero attached hydrogens (tertiary/aromatic N) is 5. The van der Waals surface area contributed by atoms with Crippen LogP contribution in [-0.2, 0) is 9.59 Å². The van der Waals surface area contributed by atoms with Crippen LogP contribution in [0.1, 0.15) is 13.3 Å². The van der Waals surface area contributed by atoms with E-state index in [1.54, 1.807) is 4.90 Å². The third kappa shape index (κ3) is 4.16. The van der Waals surface area contributed by atoms with E-state index < -0.39 is 0 Å². The number of benzene rings is 1. The van der Waals surface area contributed by atoms with Crippen LogP contribution in [0.2, 0.25) is 0 Å². The second-order valence-corrected chi connectivity index (χ2v) is 7.36. The van der Waals surface area contributed by atoms with Crippen LogP contribution in [0.5, 0.6) is 0 Å². The Labute approximate surface area is 170 Å². The predicted molar refractivity (Wildman–Crippen MR) is 112 cm³/mol. The monoisotopic (exact) mass is 394 g/mol. The van der Waals surface area contributed by atoms with Gasteiger partial charge in [0.05, 0.1) is 5.92 Å². The SMILES string of the molecule is CCNc1ccc(N2CCN(C(=O)C3CC(=O)N(c4ccccc4)C3)CC2)nn1. The smallest absolute Gasteiger partial charge is 0.228 e. The number of piperazine rings is 1. The fourth-order valence-corrected chi connectivity index (χ4v) is 3.91. The van der Waals surface area contributed by atoms with Crippen molar-refractivity contribution in [3.8, 4) is 0 Å². The van der Waals surface area contributed by atoms with Crippen molar-refractivity contribution in [3.05, 3.63) is 42.5 Å². The molecule has 2 aliphatic rings. The molecular weight excluding hydrogens is 368 g/mol. The second-order valence-electron chi connectivity index (χ2n) is 7.36. The molecule has 8 nitrogen and oxygen atoms in total. The standard InChI is InChI=1S/C21H26N6O2/c1-2-22-18-8-9-19(24-23-18)25-10-12-26(13-11-25)21(29)16-14-20(28)27(15-16)17-6-4-3-5-7-17/h3-9,16H,2,10-15H2,1H3,(H,22,23). The van der Waals surface area contributed by atoms with Gasteiger partial charge in [-0.05, 0) is 31.2 Å². The van der Waals surface area contributed by atoms with Crippen LogP contribution in [0.25, 0.3) is 0 Å². The van der Waals surface area contributed by atoms with Gasteiger partial charge in [0.15, 0.2) is 5.82 Å². The van der Waals surface area contributed by atoms with Crippen molar-refractivity contribution in [3.63, 3.8) is 0 Å². The van der Waals surface area contributed by atoms with Gasteiger partial charge in [0, 0.05) is 51.4 Å². The molecule has 0 aliphatic carbocycles. The number of amides is 2. The number of hydrogen-bond donors (Lipinski definition) is 1. The summed E-state index contributed by atoms with van der Waals surface area (Å²) >= 11 is 0. The van der Waals surface area contributed by atoms with E-state index in [0.717, 1.165) is 23.9 Å². The van der Waals surface area contributed by atoms with Gasteiger partial charge in [0.25, 0.3) is 0 Å². The van der Waals surface area contributed by atoms with Gasteiger partial charge >= 0.3 is 0 Å². The number of para-hydroxylation sites is 1. The third-order valence-electron chi connectivity index (χ3n) is 5.47. The first-order valence-corrected chi connectivity index (χ1v) is 10.1. The van der Waals surface area contributed by atoms with Gasteiger partial charge in [-0.15, -0.1) is 10.2 Å². The van der Waals surface area contributed by atoms with E-state index >= 15 is 0 Å². The molecule has 3 heterocycles. The molecule has 1 atom stereocenters. The Morgan fingerprint density at radius 2 is 1.83 bits per heavy atom. The molecule has 1 N–H and O–H groups in total. The molecule has 1 aromatic heterocycles. The maximum Gasteiger partial charge on any atom is 0.228 e. The Morgan fingerprint density at radius 1 is 1.07 bits per heavy atom. The highest BCUT2D eigenvalue weighted by molar-refractivity contribution is 6.00. The third-order valence-corrected chi connectivity index (χ3v) is 5.47. The van der Waals surface area contributed by atoms with E-state index in [1.807, 2.05) is 54.3 Å². The van der Waals surface area contributed by atoms with E-state index in [9.17, 15) is 9.59 Å². The summed E-state index contributed by atoms with van der Waals surface area (Å²) in [7, 11) is 0. The van der Waals surface area contributed by atoms with Gasteiger partial charge in [0.2, 0.25) is 11.8 Å². The van der Waals surface area contributed by atoms with Crippen molar-refractivity contribution < 1.29 is 9.59 Å². The van der Waals surface area contributed by atoms with Crippen LogP contribution >= 0.6 is 0 Å². The van der Waals surface area contributed by atoms with E-state index in [-0.39, 0.29) is 24.2 Å². The average molecular weight is 394 g/mol. The molecule has 152 valence electrons. The van der Waals surface area contributed by atoms with E-state index in [2.05, 4.69) is 20.4 Å². The molecule has 2 fully saturated rings. The number of hydrogen-bond acceptors (Lipinski definition) is 6. The van der Waals surface area contributed by atoms with Gasteiger partial charge in [0.1, 0.15) is 5.82 Å². The summed E-state index contributed by atoms with van der Waals surface area (Å²) in [4.78, 5) is 31.1. The Kier molecular flexibility index (Phi) is 5.59. The number of carbonyl (C=O) groups excluding carboxylic acids is 2. The van der Waals surface area contributed by atoms with Gasteiger partial charge < -0.3 is 20.0 Å². The summed E-state index contributed by atoms with van der Waals surface area (Å²) < 4.78 is 0. The van der Waals surface area contributed by atoms with Crippen LogP contribution in [-0.4, -0.2) is 66.2 Å². The van der Waals surface area contributed by atoms with Crippen molar-refractivity contribution in [2.45, 2.75) is 13.3 Å². The van der Waals surface area contributed by atoms with Crippen LogP contribution in [0.4, 0.5) is 17.3 Å². The summed E-state index contributed by atoms with van der Waals surface area (Å²) in [6, 6.07) is 13.4. The van der Waals surface area contributed by atoms with E-state index in [1.165, 1.54) is 0 Å². The maximum atomic E-state index is 13.0. The summed E-state index contributed by atoms with van der Waals surface area (Å²) in [6.07, 6.45) is 0.283. The topological polar surface area (TPSA) is 81.7 Å². The first-order chi connectivity index (χ1) is 14.2. The molecule has 0 spiro atoms. The largest absolute Gasteiger partial charge is 0.369 e. The Balaban J connectivity index is 1.33. The molecule has 2 aliphatic heterocycles. The van der Waals surface area contributed by atoms with E-state index in [0.29, 0.717) is 32.7 Å². The lowest BCUT2D eigenvalue weighted by atomic mass is 10.1. The van der Waals surface area contributed by atoms with Gasteiger partial charge in [-0.2, -0.15) is 0 Å². The minimum atomic E-state index is -0.270. The lowest BCUT2D eigenvalue weighted by Gasteiger charge is -2.36. The normalized spacial score (nSPS) is 19.6. The minimum Gasteiger partial charge on any atom is -0.369 e. The highest BCUT2D eigenvalue weighted by Gasteiger charge is 2.37. The van der Waals surface area contributed by atoms with Crippen LogP contribution in [0.3, 0.4) is 0 Å². The Bertz CT molecular complexity index is 849. The van der Waals surface area contributed by atoms with E-state index in [4.69, 9.17) is 0 Å². The molecule has 8 heteroatoms. The molecule has 2 saturated heterocycles. The minimum absolute atomic E-state index is 0.0178. The van der Waals surface area contributed by atoms with Crippen LogP contribution < -0.4 is 15.1 Å². The average Bonchev–Trinajstić information content (AvgIpc) is 3.16. The van der Waals surface area contributed by atoms with Crippen LogP contribution in [0, 0.1) is 5.92 Å². The van der Waals surface area contributed by atoms with Gasteiger partial charge in [-0.3, -0.25) is 9.59 Å². The lowest BCUT2D eigenvalue weighted by Crippen LogP contribution is -2.51. The van der Waals surface area contributed by atoms with Crippen molar-refractivity contribution in [2.24, 2.45) is 5.92 Å². The molecule has 0 radical (unpaired) electrons. The Morgan fingerprint density at radius 3 is 2.48 bits per heavy atom. The molecule has 2 amide bonds. The summed E-state index contributed by atoms with van der Waals surface area (Å²) in [6.45, 7) is 5.97. The number of nitrogens with one attached hydrogen (secondary N) is 1.